The van der Waals surface area contributed by atoms with Gasteiger partial charge in [0.1, 0.15) is 5.75 Å². The van der Waals surface area contributed by atoms with Crippen LogP contribution in [0.5, 0.6) is 5.75 Å². The third kappa shape index (κ3) is 8.36. The van der Waals surface area contributed by atoms with Crippen LogP contribution in [-0.2, 0) is 4.79 Å². The first-order valence-electron chi connectivity index (χ1n) is 8.43. The molecule has 2 amide bonds. The summed E-state index contributed by atoms with van der Waals surface area (Å²) in [4.78, 5) is 27.9. The topological polar surface area (TPSA) is 104 Å². The molecule has 0 fully saturated rings. The van der Waals surface area contributed by atoms with Gasteiger partial charge in [0.25, 0.3) is 5.91 Å². The van der Waals surface area contributed by atoms with Gasteiger partial charge >= 0.3 is 0 Å². The summed E-state index contributed by atoms with van der Waals surface area (Å²) in [6, 6.07) is 6.95. The van der Waals surface area contributed by atoms with Crippen molar-refractivity contribution in [1.29, 1.82) is 0 Å². The van der Waals surface area contributed by atoms with Crippen molar-refractivity contribution in [3.05, 3.63) is 29.8 Å². The van der Waals surface area contributed by atoms with Crippen LogP contribution in [-0.4, -0.2) is 57.1 Å². The Kier molecular flexibility index (Phi) is 8.41. The van der Waals surface area contributed by atoms with E-state index >= 15 is 0 Å². The van der Waals surface area contributed by atoms with Gasteiger partial charge in [0.15, 0.2) is 5.96 Å². The average molecular weight is 363 g/mol. The molecule has 4 N–H and O–H groups in total. The predicted octanol–water partition coefficient (Wildman–Crippen LogP) is 0.505. The van der Waals surface area contributed by atoms with Crippen LogP contribution >= 0.6 is 0 Å². The summed E-state index contributed by atoms with van der Waals surface area (Å²) in [7, 11) is 3.17. The Labute approximate surface area is 154 Å². The maximum atomic E-state index is 12.1. The highest BCUT2D eigenvalue weighted by atomic mass is 16.5. The molecule has 144 valence electrons. The number of methoxy groups -OCH3 is 1. The Morgan fingerprint density at radius 3 is 2.42 bits per heavy atom. The number of guanidine groups is 1. The fraction of sp³-hybridized carbons (Fsp3) is 0.500. The lowest BCUT2D eigenvalue weighted by atomic mass is 10.1. The van der Waals surface area contributed by atoms with Crippen molar-refractivity contribution in [1.82, 2.24) is 21.3 Å². The van der Waals surface area contributed by atoms with Gasteiger partial charge in [-0.15, -0.1) is 0 Å². The number of amides is 2. The van der Waals surface area contributed by atoms with Gasteiger partial charge in [0.2, 0.25) is 5.91 Å². The van der Waals surface area contributed by atoms with Crippen molar-refractivity contribution in [2.45, 2.75) is 26.3 Å². The van der Waals surface area contributed by atoms with Crippen LogP contribution in [0.15, 0.2) is 29.3 Å². The van der Waals surface area contributed by atoms with E-state index in [0.717, 1.165) is 0 Å². The summed E-state index contributed by atoms with van der Waals surface area (Å²) in [5, 5.41) is 11.6. The fourth-order valence-electron chi connectivity index (χ4n) is 2.07. The minimum atomic E-state index is -0.278. The van der Waals surface area contributed by atoms with Crippen LogP contribution in [0.1, 0.15) is 31.1 Å². The number of carbonyl (C=O) groups excluding carboxylic acids is 2. The third-order valence-corrected chi connectivity index (χ3v) is 3.19. The number of carbonyl (C=O) groups is 2. The maximum absolute atomic E-state index is 12.1. The minimum Gasteiger partial charge on any atom is -0.497 e. The molecule has 0 spiro atoms. The third-order valence-electron chi connectivity index (χ3n) is 3.19. The first kappa shape index (κ1) is 21.3. The molecule has 0 unspecified atom stereocenters. The molecule has 8 heteroatoms. The van der Waals surface area contributed by atoms with E-state index in [1.54, 1.807) is 38.4 Å². The number of nitrogens with one attached hydrogen (secondary N) is 4. The van der Waals surface area contributed by atoms with Crippen molar-refractivity contribution in [3.8, 4) is 5.75 Å². The fourth-order valence-corrected chi connectivity index (χ4v) is 2.07. The zero-order valence-electron chi connectivity index (χ0n) is 16.1. The second kappa shape index (κ2) is 10.3. The van der Waals surface area contributed by atoms with Crippen LogP contribution in [0.3, 0.4) is 0 Å². The Bertz CT molecular complexity index is 638. The van der Waals surface area contributed by atoms with Crippen molar-refractivity contribution >= 4 is 17.8 Å². The van der Waals surface area contributed by atoms with Gasteiger partial charge in [-0.25, -0.2) is 0 Å². The molecule has 0 aliphatic heterocycles. The number of hydrogen-bond donors (Lipinski definition) is 4. The Morgan fingerprint density at radius 2 is 1.81 bits per heavy atom. The second-order valence-corrected chi connectivity index (χ2v) is 6.64. The first-order chi connectivity index (χ1) is 12.2. The molecular formula is C18H29N5O3. The van der Waals surface area contributed by atoms with Crippen molar-refractivity contribution in [3.63, 3.8) is 0 Å². The molecule has 8 nitrogen and oxygen atoms in total. The summed E-state index contributed by atoms with van der Waals surface area (Å²) in [5.41, 5.74) is 0.255. The number of ether oxygens (including phenoxy) is 1. The van der Waals surface area contributed by atoms with E-state index in [9.17, 15) is 9.59 Å². The summed E-state index contributed by atoms with van der Waals surface area (Å²) in [5.74, 6) is 0.823. The van der Waals surface area contributed by atoms with Gasteiger partial charge in [-0.2, -0.15) is 0 Å². The molecule has 0 aliphatic carbocycles. The number of rotatable bonds is 7. The predicted molar refractivity (Wildman–Crippen MR) is 103 cm³/mol. The molecule has 1 aromatic rings. The molecule has 26 heavy (non-hydrogen) atoms. The molecule has 0 aromatic heterocycles. The molecular weight excluding hydrogens is 334 g/mol. The summed E-state index contributed by atoms with van der Waals surface area (Å²) >= 11 is 0. The number of nitrogens with zero attached hydrogens (tertiary/aromatic N) is 1. The monoisotopic (exact) mass is 363 g/mol. The highest BCUT2D eigenvalue weighted by Gasteiger charge is 2.13. The lowest BCUT2D eigenvalue weighted by molar-refractivity contribution is -0.121. The van der Waals surface area contributed by atoms with Crippen molar-refractivity contribution in [2.24, 2.45) is 4.99 Å². The van der Waals surface area contributed by atoms with Gasteiger partial charge < -0.3 is 26.0 Å². The normalized spacial score (nSPS) is 11.5. The van der Waals surface area contributed by atoms with E-state index < -0.39 is 0 Å². The van der Waals surface area contributed by atoms with E-state index in [4.69, 9.17) is 4.74 Å². The molecule has 0 atom stereocenters. The van der Waals surface area contributed by atoms with E-state index in [1.807, 2.05) is 20.8 Å². The number of benzene rings is 1. The van der Waals surface area contributed by atoms with Crippen LogP contribution < -0.4 is 26.0 Å². The van der Waals surface area contributed by atoms with Gasteiger partial charge in [0.05, 0.1) is 13.7 Å². The second-order valence-electron chi connectivity index (χ2n) is 6.64. The lowest BCUT2D eigenvalue weighted by Crippen LogP contribution is -2.48. The molecule has 0 saturated carbocycles. The molecule has 0 saturated heterocycles. The zero-order chi connectivity index (χ0) is 19.6. The van der Waals surface area contributed by atoms with Crippen molar-refractivity contribution < 1.29 is 14.3 Å². The van der Waals surface area contributed by atoms with Gasteiger partial charge in [-0.3, -0.25) is 14.6 Å². The number of aliphatic imine (C=N–C) groups is 1. The maximum Gasteiger partial charge on any atom is 0.251 e. The van der Waals surface area contributed by atoms with Crippen LogP contribution in [0, 0.1) is 0 Å². The number of hydrogen-bond acceptors (Lipinski definition) is 4. The minimum absolute atomic E-state index is 0.118. The molecule has 0 bridgehead atoms. The SMILES string of the molecule is CN=C(NCCNC(=O)c1cccc(OC)c1)NCC(=O)NC(C)(C)C. The Hall–Kier alpha value is -2.77. The van der Waals surface area contributed by atoms with E-state index in [-0.39, 0.29) is 23.9 Å². The zero-order valence-corrected chi connectivity index (χ0v) is 16.1. The van der Waals surface area contributed by atoms with Crippen LogP contribution in [0.2, 0.25) is 0 Å². The summed E-state index contributed by atoms with van der Waals surface area (Å²) < 4.78 is 5.10. The molecule has 0 radical (unpaired) electrons. The molecule has 1 aromatic carbocycles. The molecule has 1 rings (SSSR count). The van der Waals surface area contributed by atoms with Gasteiger partial charge in [-0.1, -0.05) is 6.07 Å². The van der Waals surface area contributed by atoms with Crippen molar-refractivity contribution in [2.75, 3.05) is 33.8 Å². The highest BCUT2D eigenvalue weighted by molar-refractivity contribution is 5.94. The molecule has 0 aliphatic rings. The largest absolute Gasteiger partial charge is 0.497 e. The first-order valence-corrected chi connectivity index (χ1v) is 8.43. The highest BCUT2D eigenvalue weighted by Crippen LogP contribution is 2.12. The lowest BCUT2D eigenvalue weighted by Gasteiger charge is -2.21. The van der Waals surface area contributed by atoms with E-state index in [0.29, 0.717) is 30.4 Å². The Balaban J connectivity index is 2.32. The summed E-state index contributed by atoms with van der Waals surface area (Å²) in [6.07, 6.45) is 0. The van der Waals surface area contributed by atoms with Gasteiger partial charge in [-0.05, 0) is 39.0 Å². The summed E-state index contributed by atoms with van der Waals surface area (Å²) in [6.45, 7) is 6.75. The average Bonchev–Trinajstić information content (AvgIpc) is 2.59. The standard InChI is InChI=1S/C18H29N5O3/c1-18(2,3)23-15(24)12-22-17(19-4)21-10-9-20-16(25)13-7-6-8-14(11-13)26-5/h6-8,11H,9-10,12H2,1-5H3,(H,20,25)(H,23,24)(H2,19,21,22). The quantitative estimate of drug-likeness (QED) is 0.321. The smallest absolute Gasteiger partial charge is 0.251 e. The van der Waals surface area contributed by atoms with Crippen LogP contribution in [0.25, 0.3) is 0 Å². The molecule has 0 heterocycles. The Morgan fingerprint density at radius 1 is 1.12 bits per heavy atom. The van der Waals surface area contributed by atoms with E-state index in [1.165, 1.54) is 0 Å². The van der Waals surface area contributed by atoms with Gasteiger partial charge in [0, 0.05) is 31.2 Å². The van der Waals surface area contributed by atoms with E-state index in [2.05, 4.69) is 26.3 Å². The van der Waals surface area contributed by atoms with Crippen LogP contribution in [0.4, 0.5) is 0 Å².